The van der Waals surface area contributed by atoms with E-state index >= 15 is 0 Å². The molecule has 3 heterocycles. The Hall–Kier alpha value is -3.92. The van der Waals surface area contributed by atoms with Gasteiger partial charge in [-0.15, -0.1) is 0 Å². The van der Waals surface area contributed by atoms with E-state index in [9.17, 15) is 9.59 Å². The summed E-state index contributed by atoms with van der Waals surface area (Å²) in [5.41, 5.74) is 5.26. The van der Waals surface area contributed by atoms with Crippen molar-refractivity contribution in [2.24, 2.45) is 4.99 Å². The predicted octanol–water partition coefficient (Wildman–Crippen LogP) is 6.14. The molecule has 218 valence electrons. The van der Waals surface area contributed by atoms with Gasteiger partial charge in [-0.25, -0.2) is 9.79 Å². The fraction of sp³-hybridized carbons (Fsp3) is 0.182. The number of aromatic nitrogens is 2. The first-order valence-corrected chi connectivity index (χ1v) is 15.5. The van der Waals surface area contributed by atoms with Gasteiger partial charge in [0.1, 0.15) is 11.8 Å². The first-order chi connectivity index (χ1) is 20.7. The second-order valence-corrected chi connectivity index (χ2v) is 12.5. The van der Waals surface area contributed by atoms with Gasteiger partial charge < -0.3 is 14.0 Å². The molecular weight excluding hydrogens is 650 g/mol. The number of benzene rings is 3. The highest BCUT2D eigenvalue weighted by atomic mass is 79.9. The number of hydrogen-bond acceptors (Lipinski definition) is 6. The van der Waals surface area contributed by atoms with Crippen LogP contribution in [-0.2, 0) is 16.1 Å². The minimum absolute atomic E-state index is 0.254. The molecule has 43 heavy (non-hydrogen) atoms. The molecule has 5 aromatic rings. The zero-order chi connectivity index (χ0) is 30.4. The lowest BCUT2D eigenvalue weighted by Crippen LogP contribution is -2.40. The van der Waals surface area contributed by atoms with Gasteiger partial charge in [-0.3, -0.25) is 9.36 Å². The van der Waals surface area contributed by atoms with E-state index in [0.29, 0.717) is 37.9 Å². The van der Waals surface area contributed by atoms with E-state index in [2.05, 4.69) is 56.7 Å². The van der Waals surface area contributed by atoms with E-state index in [-0.39, 0.29) is 11.1 Å². The van der Waals surface area contributed by atoms with Crippen molar-refractivity contribution in [3.63, 3.8) is 0 Å². The Bertz CT molecular complexity index is 2130. The second kappa shape index (κ2) is 11.6. The highest BCUT2D eigenvalue weighted by Gasteiger charge is 2.35. The molecule has 6 rings (SSSR count). The maximum atomic E-state index is 14.2. The fourth-order valence-electron chi connectivity index (χ4n) is 5.65. The molecule has 0 bridgehead atoms. The van der Waals surface area contributed by atoms with E-state index in [1.807, 2.05) is 30.3 Å². The third-order valence-corrected chi connectivity index (χ3v) is 9.47. The molecule has 1 aliphatic heterocycles. The normalized spacial score (nSPS) is 15.0. The molecule has 0 N–H and O–H groups in total. The third kappa shape index (κ3) is 5.15. The molecule has 2 aromatic heterocycles. The summed E-state index contributed by atoms with van der Waals surface area (Å²) in [5, 5.41) is 1.49. The van der Waals surface area contributed by atoms with Crippen molar-refractivity contribution < 1.29 is 14.3 Å². The first-order valence-electron chi connectivity index (χ1n) is 13.5. The number of carbonyl (C=O) groups excluding carboxylic acids is 1. The number of hydrogen-bond donors (Lipinski definition) is 0. The van der Waals surface area contributed by atoms with Crippen molar-refractivity contribution in [2.75, 3.05) is 14.2 Å². The van der Waals surface area contributed by atoms with E-state index in [1.54, 1.807) is 29.7 Å². The Morgan fingerprint density at radius 1 is 1.09 bits per heavy atom. The summed E-state index contributed by atoms with van der Waals surface area (Å²) in [6, 6.07) is 20.8. The van der Waals surface area contributed by atoms with Gasteiger partial charge in [0.15, 0.2) is 4.80 Å². The number of rotatable bonds is 6. The van der Waals surface area contributed by atoms with Crippen LogP contribution in [0.2, 0.25) is 5.02 Å². The van der Waals surface area contributed by atoms with Gasteiger partial charge in [0, 0.05) is 43.8 Å². The largest absolute Gasteiger partial charge is 0.496 e. The summed E-state index contributed by atoms with van der Waals surface area (Å²) in [7, 11) is 2.85. The molecule has 3 aromatic carbocycles. The molecule has 0 unspecified atom stereocenters. The number of halogens is 2. The number of fused-ring (bicyclic) bond motifs is 2. The van der Waals surface area contributed by atoms with E-state index in [1.165, 1.54) is 31.1 Å². The summed E-state index contributed by atoms with van der Waals surface area (Å²) in [4.78, 5) is 32.5. The summed E-state index contributed by atoms with van der Waals surface area (Å²) in [6.07, 6.45) is 1.93. The first kappa shape index (κ1) is 29.2. The quantitative estimate of drug-likeness (QED) is 0.203. The summed E-state index contributed by atoms with van der Waals surface area (Å²) in [6.45, 7) is 4.50. The number of esters is 1. The van der Waals surface area contributed by atoms with Gasteiger partial charge in [0.05, 0.1) is 30.0 Å². The topological polar surface area (TPSA) is 74.8 Å². The lowest BCUT2D eigenvalue weighted by Gasteiger charge is -2.25. The average molecular weight is 677 g/mol. The van der Waals surface area contributed by atoms with Crippen LogP contribution in [0.15, 0.2) is 92.3 Å². The SMILES string of the molecule is COC(=O)C1=C(C)N=c2s/c(=C\c3c(C)n(Cc4ccc(Br)cc4)c4ccccc34)c(=O)n2[C@@H]1c1cc(Cl)ccc1OC. The van der Waals surface area contributed by atoms with Crippen LogP contribution >= 0.6 is 38.9 Å². The Labute approximate surface area is 265 Å². The molecule has 0 saturated heterocycles. The highest BCUT2D eigenvalue weighted by Crippen LogP contribution is 2.37. The standard InChI is InChI=1S/C33H27BrClN3O4S/c1-18-29(32(40)42-4)30(25-15-22(35)13-14-27(25)41-3)38-31(39)28(43-33(38)36-18)16-24-19(2)37(26-8-6-5-7-23(24)26)17-20-9-11-21(34)12-10-20/h5-16,30H,17H2,1-4H3/b28-16-/t30-/m1/s1. The molecule has 1 aliphatic rings. The lowest BCUT2D eigenvalue weighted by molar-refractivity contribution is -0.136. The molecule has 0 fully saturated rings. The summed E-state index contributed by atoms with van der Waals surface area (Å²) < 4.78 is 16.1. The number of allylic oxidation sites excluding steroid dienone is 1. The van der Waals surface area contributed by atoms with Crippen molar-refractivity contribution in [3.05, 3.63) is 130 Å². The van der Waals surface area contributed by atoms with Crippen LogP contribution in [0.25, 0.3) is 17.0 Å². The van der Waals surface area contributed by atoms with Crippen LogP contribution in [0, 0.1) is 6.92 Å². The van der Waals surface area contributed by atoms with Gasteiger partial charge in [0.2, 0.25) is 0 Å². The van der Waals surface area contributed by atoms with Crippen molar-refractivity contribution in [3.8, 4) is 5.75 Å². The van der Waals surface area contributed by atoms with Gasteiger partial charge >= 0.3 is 5.97 Å². The van der Waals surface area contributed by atoms with Gasteiger partial charge in [-0.2, -0.15) is 0 Å². The number of nitrogens with zero attached hydrogens (tertiary/aromatic N) is 3. The van der Waals surface area contributed by atoms with Crippen molar-refractivity contribution in [2.45, 2.75) is 26.4 Å². The van der Waals surface area contributed by atoms with Crippen LogP contribution in [-0.4, -0.2) is 29.3 Å². The Balaban J connectivity index is 1.57. The molecule has 0 saturated carbocycles. The van der Waals surface area contributed by atoms with Crippen molar-refractivity contribution >= 4 is 61.8 Å². The van der Waals surface area contributed by atoms with E-state index in [4.69, 9.17) is 21.1 Å². The number of para-hydroxylation sites is 1. The number of methoxy groups -OCH3 is 2. The van der Waals surface area contributed by atoms with Crippen LogP contribution in [0.5, 0.6) is 5.75 Å². The van der Waals surface area contributed by atoms with Crippen LogP contribution in [0.1, 0.15) is 35.3 Å². The van der Waals surface area contributed by atoms with Gasteiger partial charge in [-0.1, -0.05) is 69.2 Å². The Kier molecular flexibility index (Phi) is 7.89. The minimum atomic E-state index is -0.834. The van der Waals surface area contributed by atoms with Crippen molar-refractivity contribution in [1.82, 2.24) is 9.13 Å². The summed E-state index contributed by atoms with van der Waals surface area (Å²) in [5.74, 6) is -0.0821. The number of ether oxygens (including phenoxy) is 2. The van der Waals surface area contributed by atoms with Crippen LogP contribution in [0.3, 0.4) is 0 Å². The van der Waals surface area contributed by atoms with Crippen LogP contribution < -0.4 is 19.6 Å². The smallest absolute Gasteiger partial charge is 0.338 e. The van der Waals surface area contributed by atoms with Gasteiger partial charge in [0.25, 0.3) is 5.56 Å². The molecule has 0 radical (unpaired) electrons. The van der Waals surface area contributed by atoms with Crippen molar-refractivity contribution in [1.29, 1.82) is 0 Å². The maximum Gasteiger partial charge on any atom is 0.338 e. The molecule has 10 heteroatoms. The number of thiazole rings is 1. The van der Waals surface area contributed by atoms with Crippen LogP contribution in [0.4, 0.5) is 0 Å². The van der Waals surface area contributed by atoms with Gasteiger partial charge in [-0.05, 0) is 61.9 Å². The zero-order valence-corrected chi connectivity index (χ0v) is 27.0. The van der Waals surface area contributed by atoms with E-state index in [0.717, 1.165) is 26.6 Å². The average Bonchev–Trinajstić information content (AvgIpc) is 3.45. The highest BCUT2D eigenvalue weighted by molar-refractivity contribution is 9.10. The van der Waals surface area contributed by atoms with E-state index < -0.39 is 12.0 Å². The lowest BCUT2D eigenvalue weighted by atomic mass is 9.95. The Morgan fingerprint density at radius 3 is 2.56 bits per heavy atom. The summed E-state index contributed by atoms with van der Waals surface area (Å²) >= 11 is 11.2. The minimum Gasteiger partial charge on any atom is -0.496 e. The number of carbonyl (C=O) groups is 1. The fourth-order valence-corrected chi connectivity index (χ4v) is 7.13. The second-order valence-electron chi connectivity index (χ2n) is 10.2. The molecule has 0 aliphatic carbocycles. The molecule has 1 atom stereocenters. The maximum absolute atomic E-state index is 14.2. The molecule has 0 spiro atoms. The Morgan fingerprint density at radius 2 is 1.84 bits per heavy atom. The third-order valence-electron chi connectivity index (χ3n) is 7.72. The predicted molar refractivity (Wildman–Crippen MR) is 174 cm³/mol. The molecule has 7 nitrogen and oxygen atoms in total. The monoisotopic (exact) mass is 675 g/mol. The molecule has 0 amide bonds. The molecular formula is C33H27BrClN3O4S. The zero-order valence-electron chi connectivity index (χ0n) is 23.9.